The molecule has 0 N–H and O–H groups in total. The molecule has 0 fully saturated rings. The molecular formula is C45H25N5O2. The van der Waals surface area contributed by atoms with Gasteiger partial charge in [-0.15, -0.1) is 0 Å². The average Bonchev–Trinajstić information content (AvgIpc) is 3.83. The highest BCUT2D eigenvalue weighted by Gasteiger charge is 2.22. The van der Waals surface area contributed by atoms with E-state index in [1.165, 1.54) is 0 Å². The summed E-state index contributed by atoms with van der Waals surface area (Å²) in [7, 11) is 0. The number of furan rings is 1. The SMILES string of the molecule is N#Cc1nc2cc(-c3ccc(-c4ccc(-c5nc(-c6ccccc6)nc(-c6ccccc6)n5)cc4)c4ccccc34)c3c4ccccc4oc3c2o1. The van der Waals surface area contributed by atoms with E-state index in [1.54, 1.807) is 0 Å². The van der Waals surface area contributed by atoms with Gasteiger partial charge in [0.2, 0.25) is 0 Å². The number of nitriles is 1. The molecule has 0 aliphatic carbocycles. The number of nitrogens with zero attached hydrogens (tertiary/aromatic N) is 5. The van der Waals surface area contributed by atoms with E-state index in [4.69, 9.17) is 23.8 Å². The summed E-state index contributed by atoms with van der Waals surface area (Å²) in [5.74, 6) is 1.87. The predicted octanol–water partition coefficient (Wildman–Crippen LogP) is 11.3. The Morgan fingerprint density at radius 2 is 0.942 bits per heavy atom. The minimum Gasteiger partial charge on any atom is -0.452 e. The number of aromatic nitrogens is 4. The van der Waals surface area contributed by atoms with Crippen LogP contribution in [0.3, 0.4) is 0 Å². The van der Waals surface area contributed by atoms with E-state index in [1.807, 2.05) is 97.1 Å². The first-order valence-corrected chi connectivity index (χ1v) is 16.9. The monoisotopic (exact) mass is 667 g/mol. The molecule has 0 aliphatic heterocycles. The third kappa shape index (κ3) is 4.82. The van der Waals surface area contributed by atoms with Crippen LogP contribution in [0.25, 0.3) is 100 Å². The summed E-state index contributed by atoms with van der Waals surface area (Å²) in [4.78, 5) is 19.1. The van der Waals surface area contributed by atoms with Gasteiger partial charge in [-0.1, -0.05) is 140 Å². The molecule has 0 unspecified atom stereocenters. The molecule has 0 radical (unpaired) electrons. The van der Waals surface area contributed by atoms with Crippen molar-refractivity contribution in [2.24, 2.45) is 0 Å². The number of benzene rings is 7. The first-order valence-electron chi connectivity index (χ1n) is 16.9. The maximum Gasteiger partial charge on any atom is 0.301 e. The number of fused-ring (bicyclic) bond motifs is 6. The Morgan fingerprint density at radius 3 is 1.58 bits per heavy atom. The van der Waals surface area contributed by atoms with Gasteiger partial charge in [-0.05, 0) is 45.2 Å². The lowest BCUT2D eigenvalue weighted by molar-refractivity contribution is 0.574. The second-order valence-corrected chi connectivity index (χ2v) is 12.5. The van der Waals surface area contributed by atoms with E-state index in [-0.39, 0.29) is 5.89 Å². The normalized spacial score (nSPS) is 11.4. The van der Waals surface area contributed by atoms with Gasteiger partial charge < -0.3 is 8.83 Å². The Morgan fingerprint density at radius 1 is 0.423 bits per heavy atom. The van der Waals surface area contributed by atoms with Gasteiger partial charge in [0, 0.05) is 27.5 Å². The summed E-state index contributed by atoms with van der Waals surface area (Å²) in [5.41, 5.74) is 9.28. The van der Waals surface area contributed by atoms with Gasteiger partial charge in [0.25, 0.3) is 0 Å². The molecule has 0 bridgehead atoms. The second kappa shape index (κ2) is 11.9. The van der Waals surface area contributed by atoms with Crippen molar-refractivity contribution in [3.05, 3.63) is 158 Å². The number of oxazole rings is 1. The van der Waals surface area contributed by atoms with Crippen LogP contribution in [0.5, 0.6) is 0 Å². The topological polar surface area (TPSA) is 102 Å². The molecule has 7 nitrogen and oxygen atoms in total. The van der Waals surface area contributed by atoms with Crippen LogP contribution in [0.4, 0.5) is 0 Å². The highest BCUT2D eigenvalue weighted by Crippen LogP contribution is 2.44. The number of hydrogen-bond donors (Lipinski definition) is 0. The first-order chi connectivity index (χ1) is 25.7. The van der Waals surface area contributed by atoms with Gasteiger partial charge in [0.1, 0.15) is 11.1 Å². The van der Waals surface area contributed by atoms with Crippen molar-refractivity contribution in [3.8, 4) is 62.5 Å². The molecule has 3 aromatic heterocycles. The lowest BCUT2D eigenvalue weighted by Crippen LogP contribution is -2.00. The lowest BCUT2D eigenvalue weighted by Gasteiger charge is -2.14. The van der Waals surface area contributed by atoms with Crippen LogP contribution >= 0.6 is 0 Å². The molecule has 0 saturated carbocycles. The molecule has 3 heterocycles. The highest BCUT2D eigenvalue weighted by atomic mass is 16.4. The Labute approximate surface area is 297 Å². The zero-order valence-electron chi connectivity index (χ0n) is 27.5. The van der Waals surface area contributed by atoms with Gasteiger partial charge in [-0.25, -0.2) is 15.0 Å². The summed E-state index contributed by atoms with van der Waals surface area (Å²) in [5, 5.41) is 13.6. The minimum atomic E-state index is 0.00213. The Hall–Kier alpha value is -7.43. The van der Waals surface area contributed by atoms with E-state index < -0.39 is 0 Å². The highest BCUT2D eigenvalue weighted by molar-refractivity contribution is 6.21. The van der Waals surface area contributed by atoms with E-state index >= 15 is 0 Å². The zero-order valence-corrected chi connectivity index (χ0v) is 27.5. The Balaban J connectivity index is 1.11. The standard InChI is InChI=1S/C45H25N5O2/c46-26-39-47-37-25-36(40-35-17-9-10-18-38(35)51-42(40)41(37)52-39)34-24-23-31(32-15-7-8-16-33(32)34)27-19-21-30(22-20-27)45-49-43(28-11-3-1-4-12-28)48-44(50-45)29-13-5-2-6-14-29/h1-25H. The second-order valence-electron chi connectivity index (χ2n) is 12.5. The number of rotatable bonds is 5. The van der Waals surface area contributed by atoms with Crippen LogP contribution in [-0.2, 0) is 0 Å². The van der Waals surface area contributed by atoms with Gasteiger partial charge in [-0.2, -0.15) is 10.2 Å². The molecule has 7 aromatic carbocycles. The Kier molecular flexibility index (Phi) is 6.73. The molecule has 0 aliphatic rings. The van der Waals surface area contributed by atoms with E-state index in [0.29, 0.717) is 34.2 Å². The molecule has 10 aromatic rings. The van der Waals surface area contributed by atoms with Crippen molar-refractivity contribution >= 4 is 43.8 Å². The van der Waals surface area contributed by atoms with E-state index in [9.17, 15) is 5.26 Å². The third-order valence-electron chi connectivity index (χ3n) is 9.47. The quantitative estimate of drug-likeness (QED) is 0.180. The Bertz CT molecular complexity index is 2960. The lowest BCUT2D eigenvalue weighted by atomic mass is 9.90. The molecule has 0 spiro atoms. The van der Waals surface area contributed by atoms with Gasteiger partial charge in [-0.3, -0.25) is 0 Å². The van der Waals surface area contributed by atoms with E-state index in [2.05, 4.69) is 65.6 Å². The van der Waals surface area contributed by atoms with Crippen LogP contribution in [0, 0.1) is 11.3 Å². The molecule has 52 heavy (non-hydrogen) atoms. The van der Waals surface area contributed by atoms with Gasteiger partial charge in [0.05, 0.1) is 0 Å². The smallest absolute Gasteiger partial charge is 0.301 e. The summed E-state index contributed by atoms with van der Waals surface area (Å²) >= 11 is 0. The van der Waals surface area contributed by atoms with Crippen LogP contribution in [-0.4, -0.2) is 19.9 Å². The average molecular weight is 668 g/mol. The van der Waals surface area contributed by atoms with Gasteiger partial charge >= 0.3 is 5.89 Å². The maximum atomic E-state index is 9.57. The molecule has 0 amide bonds. The third-order valence-corrected chi connectivity index (χ3v) is 9.47. The van der Waals surface area contributed by atoms with Crippen molar-refractivity contribution < 1.29 is 8.83 Å². The molecule has 10 rings (SSSR count). The fourth-order valence-corrected chi connectivity index (χ4v) is 7.06. The predicted molar refractivity (Wildman–Crippen MR) is 204 cm³/mol. The summed E-state index contributed by atoms with van der Waals surface area (Å²) in [6.07, 6.45) is 0. The van der Waals surface area contributed by atoms with Crippen molar-refractivity contribution in [3.63, 3.8) is 0 Å². The zero-order chi connectivity index (χ0) is 34.6. The summed E-state index contributed by atoms with van der Waals surface area (Å²) in [6, 6.07) is 53.1. The van der Waals surface area contributed by atoms with Crippen LogP contribution in [0.15, 0.2) is 160 Å². The molecular weight excluding hydrogens is 643 g/mol. The minimum absolute atomic E-state index is 0.00213. The maximum absolute atomic E-state index is 9.57. The van der Waals surface area contributed by atoms with Crippen molar-refractivity contribution in [1.82, 2.24) is 19.9 Å². The van der Waals surface area contributed by atoms with Crippen LogP contribution < -0.4 is 0 Å². The summed E-state index contributed by atoms with van der Waals surface area (Å²) in [6.45, 7) is 0. The van der Waals surface area contributed by atoms with Crippen molar-refractivity contribution in [1.29, 1.82) is 5.26 Å². The van der Waals surface area contributed by atoms with Gasteiger partial charge in [0.15, 0.2) is 34.7 Å². The van der Waals surface area contributed by atoms with Crippen LogP contribution in [0.2, 0.25) is 0 Å². The first kappa shape index (κ1) is 29.5. The summed E-state index contributed by atoms with van der Waals surface area (Å²) < 4.78 is 12.2. The van der Waals surface area contributed by atoms with Crippen LogP contribution in [0.1, 0.15) is 5.89 Å². The molecule has 0 saturated heterocycles. The number of para-hydroxylation sites is 1. The number of hydrogen-bond acceptors (Lipinski definition) is 7. The fraction of sp³-hybridized carbons (Fsp3) is 0. The van der Waals surface area contributed by atoms with Crippen molar-refractivity contribution in [2.75, 3.05) is 0 Å². The van der Waals surface area contributed by atoms with E-state index in [0.717, 1.165) is 66.1 Å². The molecule has 242 valence electrons. The largest absolute Gasteiger partial charge is 0.452 e. The van der Waals surface area contributed by atoms with Crippen molar-refractivity contribution in [2.45, 2.75) is 0 Å². The fourth-order valence-electron chi connectivity index (χ4n) is 7.06. The molecule has 7 heteroatoms. The molecule has 0 atom stereocenters.